The van der Waals surface area contributed by atoms with Gasteiger partial charge in [-0.1, -0.05) is 89.9 Å². The SMILES string of the molecule is CCCCc1nc(C)c(Cc2nc(C(C)(C)c3c(F)cccc3Cl)no2)c(=O)n1Cc1ccc(-c2ccccc2-c2noc(=O)[nH]2)cc1. The van der Waals surface area contributed by atoms with E-state index in [2.05, 4.69) is 27.2 Å². The highest BCUT2D eigenvalue weighted by Crippen LogP contribution is 2.36. The molecule has 0 unspecified atom stereocenters. The predicted octanol–water partition coefficient (Wildman–Crippen LogP) is 7.05. The van der Waals surface area contributed by atoms with E-state index in [0.29, 0.717) is 35.9 Å². The van der Waals surface area contributed by atoms with Crippen molar-refractivity contribution in [3.8, 4) is 22.5 Å². The summed E-state index contributed by atoms with van der Waals surface area (Å²) in [5.41, 5.74) is 3.55. The Morgan fingerprint density at radius 2 is 1.69 bits per heavy atom. The Labute approximate surface area is 280 Å². The molecule has 0 aliphatic carbocycles. The van der Waals surface area contributed by atoms with Gasteiger partial charge in [0.15, 0.2) is 11.6 Å². The maximum Gasteiger partial charge on any atom is 0.439 e. The lowest BCUT2D eigenvalue weighted by molar-refractivity contribution is 0.369. The van der Waals surface area contributed by atoms with Gasteiger partial charge in [-0.05, 0) is 56.0 Å². The summed E-state index contributed by atoms with van der Waals surface area (Å²) in [5, 5.41) is 8.25. The van der Waals surface area contributed by atoms with Gasteiger partial charge in [-0.3, -0.25) is 18.9 Å². The Kier molecular flexibility index (Phi) is 9.23. The third-order valence-electron chi connectivity index (χ3n) is 8.47. The summed E-state index contributed by atoms with van der Waals surface area (Å²) in [6.45, 7) is 7.76. The minimum atomic E-state index is -0.985. The third kappa shape index (κ3) is 6.50. The van der Waals surface area contributed by atoms with Crippen molar-refractivity contribution in [2.24, 2.45) is 0 Å². The zero-order chi connectivity index (χ0) is 34.0. The third-order valence-corrected chi connectivity index (χ3v) is 8.79. The normalized spacial score (nSPS) is 11.7. The molecule has 3 aromatic heterocycles. The van der Waals surface area contributed by atoms with Gasteiger partial charge in [0, 0.05) is 33.8 Å². The quantitative estimate of drug-likeness (QED) is 0.155. The second-order valence-corrected chi connectivity index (χ2v) is 12.6. The fraction of sp³-hybridized carbons (Fsp3) is 0.278. The van der Waals surface area contributed by atoms with Crippen LogP contribution in [-0.4, -0.2) is 29.8 Å². The maximum absolute atomic E-state index is 14.8. The molecule has 1 N–H and O–H groups in total. The van der Waals surface area contributed by atoms with Crippen LogP contribution in [-0.2, 0) is 24.8 Å². The molecule has 3 heterocycles. The first-order valence-corrected chi connectivity index (χ1v) is 16.1. The lowest BCUT2D eigenvalue weighted by Gasteiger charge is -2.22. The van der Waals surface area contributed by atoms with Gasteiger partial charge in [-0.2, -0.15) is 4.98 Å². The van der Waals surface area contributed by atoms with E-state index in [-0.39, 0.29) is 34.3 Å². The minimum absolute atomic E-state index is 0.0691. The van der Waals surface area contributed by atoms with Crippen molar-refractivity contribution in [2.45, 2.75) is 65.3 Å². The minimum Gasteiger partial charge on any atom is -0.339 e. The lowest BCUT2D eigenvalue weighted by atomic mass is 9.83. The van der Waals surface area contributed by atoms with Crippen molar-refractivity contribution in [1.29, 1.82) is 0 Å². The van der Waals surface area contributed by atoms with E-state index in [0.717, 1.165) is 35.1 Å². The van der Waals surface area contributed by atoms with Crippen molar-refractivity contribution in [2.75, 3.05) is 0 Å². The Bertz CT molecular complexity index is 2180. The van der Waals surface area contributed by atoms with Gasteiger partial charge in [-0.25, -0.2) is 14.2 Å². The molecule has 48 heavy (non-hydrogen) atoms. The molecule has 0 atom stereocenters. The molecule has 3 aromatic carbocycles. The van der Waals surface area contributed by atoms with Crippen molar-refractivity contribution in [3.63, 3.8) is 0 Å². The summed E-state index contributed by atoms with van der Waals surface area (Å²) in [4.78, 5) is 37.7. The standard InChI is InChI=1S/C36H34ClFN6O4/c1-5-6-14-29-39-21(2)26(19-30-40-34(43-47-30)36(3,4)31-27(37)12-9-13-28(31)38)33(45)44(29)20-22-15-17-23(18-16-22)24-10-7-8-11-25(24)32-41-35(46)48-42-32/h7-13,15-18H,5-6,14,19-20H2,1-4H3,(H,41,42,46). The molecule has 0 saturated heterocycles. The average Bonchev–Trinajstić information content (AvgIpc) is 3.73. The maximum atomic E-state index is 14.8. The first-order valence-electron chi connectivity index (χ1n) is 15.7. The fourth-order valence-corrected chi connectivity index (χ4v) is 6.25. The topological polar surface area (TPSA) is 133 Å². The second-order valence-electron chi connectivity index (χ2n) is 12.2. The highest BCUT2D eigenvalue weighted by molar-refractivity contribution is 6.31. The van der Waals surface area contributed by atoms with E-state index in [1.54, 1.807) is 30.5 Å². The number of benzene rings is 3. The number of H-pyrrole nitrogens is 1. The zero-order valence-electron chi connectivity index (χ0n) is 27.0. The molecule has 0 amide bonds. The Morgan fingerprint density at radius 1 is 0.938 bits per heavy atom. The zero-order valence-corrected chi connectivity index (χ0v) is 27.8. The molecule has 6 rings (SSSR count). The molecule has 0 radical (unpaired) electrons. The van der Waals surface area contributed by atoms with Gasteiger partial charge in [0.2, 0.25) is 5.89 Å². The number of halogens is 2. The highest BCUT2D eigenvalue weighted by Gasteiger charge is 2.34. The number of hydrogen-bond donors (Lipinski definition) is 1. The molecule has 0 saturated carbocycles. The molecule has 0 aliphatic rings. The summed E-state index contributed by atoms with van der Waals surface area (Å²) in [5.74, 6) is 0.435. The van der Waals surface area contributed by atoms with E-state index in [1.807, 2.05) is 55.5 Å². The monoisotopic (exact) mass is 668 g/mol. The summed E-state index contributed by atoms with van der Waals surface area (Å²) in [7, 11) is 0. The van der Waals surface area contributed by atoms with E-state index >= 15 is 0 Å². The molecule has 246 valence electrons. The number of nitrogens with zero attached hydrogens (tertiary/aromatic N) is 5. The van der Waals surface area contributed by atoms with Crippen molar-refractivity contribution in [1.82, 2.24) is 29.8 Å². The number of rotatable bonds is 11. The van der Waals surface area contributed by atoms with Gasteiger partial charge in [0.1, 0.15) is 11.6 Å². The van der Waals surface area contributed by atoms with Crippen molar-refractivity contribution in [3.05, 3.63) is 138 Å². The van der Waals surface area contributed by atoms with Crippen LogP contribution in [0.1, 0.15) is 73.5 Å². The molecule has 6 aromatic rings. The summed E-state index contributed by atoms with van der Waals surface area (Å²) in [6.07, 6.45) is 2.55. The summed E-state index contributed by atoms with van der Waals surface area (Å²) >= 11 is 6.35. The van der Waals surface area contributed by atoms with Crippen molar-refractivity contribution >= 4 is 11.6 Å². The van der Waals surface area contributed by atoms with Crippen LogP contribution in [0.5, 0.6) is 0 Å². The molecule has 0 bridgehead atoms. The molecular formula is C36H34ClFN6O4. The highest BCUT2D eigenvalue weighted by atomic mass is 35.5. The van der Waals surface area contributed by atoms with E-state index in [9.17, 15) is 14.0 Å². The smallest absolute Gasteiger partial charge is 0.339 e. The number of aryl methyl sites for hydroxylation is 2. The number of hydrogen-bond acceptors (Lipinski definition) is 8. The summed E-state index contributed by atoms with van der Waals surface area (Å²) < 4.78 is 26.8. The van der Waals surface area contributed by atoms with E-state index < -0.39 is 17.0 Å². The van der Waals surface area contributed by atoms with Gasteiger partial charge >= 0.3 is 5.76 Å². The van der Waals surface area contributed by atoms with Gasteiger partial charge in [0.05, 0.1) is 18.4 Å². The molecule has 0 fully saturated rings. The van der Waals surface area contributed by atoms with Gasteiger partial charge < -0.3 is 4.52 Å². The molecule has 10 nitrogen and oxygen atoms in total. The first kappa shape index (κ1) is 32.8. The van der Waals surface area contributed by atoms with Crippen LogP contribution in [0.3, 0.4) is 0 Å². The Morgan fingerprint density at radius 3 is 2.38 bits per heavy atom. The molecule has 0 spiro atoms. The van der Waals surface area contributed by atoms with Crippen LogP contribution in [0, 0.1) is 12.7 Å². The van der Waals surface area contributed by atoms with Crippen LogP contribution in [0.4, 0.5) is 4.39 Å². The fourth-order valence-electron chi connectivity index (χ4n) is 5.85. The van der Waals surface area contributed by atoms with Gasteiger partial charge in [-0.15, -0.1) is 0 Å². The van der Waals surface area contributed by atoms with Crippen LogP contribution in [0.2, 0.25) is 5.02 Å². The average molecular weight is 669 g/mol. The van der Waals surface area contributed by atoms with Crippen LogP contribution < -0.4 is 11.3 Å². The van der Waals surface area contributed by atoms with E-state index in [4.69, 9.17) is 25.6 Å². The number of aromatic nitrogens is 6. The van der Waals surface area contributed by atoms with Gasteiger partial charge in [0.25, 0.3) is 5.56 Å². The predicted molar refractivity (Wildman–Crippen MR) is 180 cm³/mol. The molecule has 12 heteroatoms. The molecular weight excluding hydrogens is 635 g/mol. The lowest BCUT2D eigenvalue weighted by Crippen LogP contribution is -2.30. The Balaban J connectivity index is 1.30. The number of aromatic amines is 1. The van der Waals surface area contributed by atoms with Crippen LogP contribution >= 0.6 is 11.6 Å². The van der Waals surface area contributed by atoms with E-state index in [1.165, 1.54) is 6.07 Å². The van der Waals surface area contributed by atoms with Crippen molar-refractivity contribution < 1.29 is 13.4 Å². The number of unbranched alkanes of at least 4 members (excludes halogenated alkanes) is 1. The first-order chi connectivity index (χ1) is 23.1. The largest absolute Gasteiger partial charge is 0.439 e. The van der Waals surface area contributed by atoms with Crippen LogP contribution in [0.25, 0.3) is 22.5 Å². The summed E-state index contributed by atoms with van der Waals surface area (Å²) in [6, 6.07) is 19.9. The second kappa shape index (κ2) is 13.5. The Hall–Kier alpha value is -5.16. The molecule has 0 aliphatic heterocycles. The number of nitrogens with one attached hydrogen (secondary N) is 1. The van der Waals surface area contributed by atoms with Crippen LogP contribution in [0.15, 0.2) is 85.4 Å².